The minimum atomic E-state index is -0.493. The fourth-order valence-electron chi connectivity index (χ4n) is 1.66. The van der Waals surface area contributed by atoms with E-state index in [1.54, 1.807) is 19.1 Å². The van der Waals surface area contributed by atoms with Gasteiger partial charge < -0.3 is 5.32 Å². The number of hydrogen-bond donors (Lipinski definition) is 1. The number of carbonyl (C=O) groups is 1. The molecule has 0 saturated carbocycles. The Hall–Kier alpha value is -2.28. The van der Waals surface area contributed by atoms with Crippen LogP contribution in [-0.4, -0.2) is 15.8 Å². The maximum absolute atomic E-state index is 12.1. The Morgan fingerprint density at radius 2 is 2.10 bits per heavy atom. The van der Waals surface area contributed by atoms with E-state index in [0.29, 0.717) is 21.4 Å². The number of non-ortho nitro benzene ring substituents is 1. The fraction of sp³-hybridized carbons (Fsp3) is 0.0769. The minimum absolute atomic E-state index is 0.0376. The minimum Gasteiger partial charge on any atom is -0.321 e. The number of rotatable bonds is 3. The Balaban J connectivity index is 2.21. The molecule has 0 radical (unpaired) electrons. The van der Waals surface area contributed by atoms with E-state index in [0.717, 1.165) is 0 Å². The average molecular weight is 336 g/mol. The molecule has 2 aromatic rings. The number of carbonyl (C=O) groups excluding carboxylic acids is 1. The van der Waals surface area contributed by atoms with Crippen molar-refractivity contribution in [2.45, 2.75) is 6.92 Å². The number of nitro groups is 1. The molecule has 2 rings (SSSR count). The molecule has 0 saturated heterocycles. The van der Waals surface area contributed by atoms with Crippen LogP contribution in [0.5, 0.6) is 0 Å². The molecule has 0 atom stereocenters. The molecule has 1 heterocycles. The fourth-order valence-corrected chi connectivity index (χ4v) is 1.90. The van der Waals surface area contributed by atoms with Gasteiger partial charge in [0.25, 0.3) is 11.6 Å². The molecule has 1 aromatic heterocycles. The van der Waals surface area contributed by atoms with Crippen LogP contribution in [-0.2, 0) is 0 Å². The largest absolute Gasteiger partial charge is 0.321 e. The molecule has 1 aromatic carbocycles. The first kappa shape index (κ1) is 14.1. The summed E-state index contributed by atoms with van der Waals surface area (Å²) in [6.07, 6.45) is 1.52. The van der Waals surface area contributed by atoms with Gasteiger partial charge >= 0.3 is 0 Å². The van der Waals surface area contributed by atoms with E-state index in [1.807, 2.05) is 0 Å². The molecule has 0 spiro atoms. The Bertz CT molecular complexity index is 671. The molecular weight excluding hydrogens is 326 g/mol. The van der Waals surface area contributed by atoms with Crippen LogP contribution in [0.25, 0.3) is 0 Å². The number of halogens is 1. The van der Waals surface area contributed by atoms with Gasteiger partial charge in [0, 0.05) is 17.7 Å². The molecule has 0 unspecified atom stereocenters. The highest BCUT2D eigenvalue weighted by atomic mass is 79.9. The van der Waals surface area contributed by atoms with Gasteiger partial charge in [-0.25, -0.2) is 4.98 Å². The molecule has 7 heteroatoms. The van der Waals surface area contributed by atoms with Gasteiger partial charge in [0.2, 0.25) is 0 Å². The monoisotopic (exact) mass is 335 g/mol. The summed E-state index contributed by atoms with van der Waals surface area (Å²) >= 11 is 3.20. The van der Waals surface area contributed by atoms with Crippen molar-refractivity contribution in [1.29, 1.82) is 0 Å². The summed E-state index contributed by atoms with van der Waals surface area (Å²) in [4.78, 5) is 26.2. The number of aryl methyl sites for hydroxylation is 1. The maximum Gasteiger partial charge on any atom is 0.269 e. The second-order valence-electron chi connectivity index (χ2n) is 4.08. The second kappa shape index (κ2) is 5.79. The lowest BCUT2D eigenvalue weighted by atomic mass is 10.1. The summed E-state index contributed by atoms with van der Waals surface area (Å²) in [6, 6.07) is 7.53. The summed E-state index contributed by atoms with van der Waals surface area (Å²) < 4.78 is 0.669. The second-order valence-corrected chi connectivity index (χ2v) is 4.89. The van der Waals surface area contributed by atoms with Crippen LogP contribution >= 0.6 is 15.9 Å². The van der Waals surface area contributed by atoms with E-state index in [-0.39, 0.29) is 11.6 Å². The number of nitrogens with zero attached hydrogens (tertiary/aromatic N) is 2. The molecule has 6 nitrogen and oxygen atoms in total. The molecule has 1 amide bonds. The zero-order valence-electron chi connectivity index (χ0n) is 10.5. The van der Waals surface area contributed by atoms with E-state index in [1.165, 1.54) is 24.4 Å². The standard InChI is InChI=1S/C13H10BrN3O3/c1-8-6-10(17(19)20)3-4-11(8)13(18)16-9-2-5-12(14)15-7-9/h2-7H,1H3,(H,16,18). The van der Waals surface area contributed by atoms with Crippen LogP contribution in [0.3, 0.4) is 0 Å². The highest BCUT2D eigenvalue weighted by Crippen LogP contribution is 2.18. The molecule has 20 heavy (non-hydrogen) atoms. The topological polar surface area (TPSA) is 85.1 Å². The predicted molar refractivity (Wildman–Crippen MR) is 77.7 cm³/mol. The maximum atomic E-state index is 12.1. The van der Waals surface area contributed by atoms with Crippen molar-refractivity contribution in [1.82, 2.24) is 4.98 Å². The number of nitrogens with one attached hydrogen (secondary N) is 1. The van der Waals surface area contributed by atoms with E-state index >= 15 is 0 Å². The third-order valence-electron chi connectivity index (χ3n) is 2.65. The first-order valence-corrected chi connectivity index (χ1v) is 6.44. The van der Waals surface area contributed by atoms with Crippen LogP contribution in [0.1, 0.15) is 15.9 Å². The summed E-state index contributed by atoms with van der Waals surface area (Å²) in [5.41, 5.74) is 1.45. The Kier molecular flexibility index (Phi) is 4.09. The summed E-state index contributed by atoms with van der Waals surface area (Å²) in [6.45, 7) is 1.65. The van der Waals surface area contributed by atoms with Crippen molar-refractivity contribution in [3.63, 3.8) is 0 Å². The van der Waals surface area contributed by atoms with Crippen LogP contribution < -0.4 is 5.32 Å². The number of anilines is 1. The summed E-state index contributed by atoms with van der Waals surface area (Å²) in [5, 5.41) is 13.3. The smallest absolute Gasteiger partial charge is 0.269 e. The highest BCUT2D eigenvalue weighted by Gasteiger charge is 2.13. The van der Waals surface area contributed by atoms with Crippen molar-refractivity contribution in [2.75, 3.05) is 5.32 Å². The number of aromatic nitrogens is 1. The molecule has 0 aliphatic carbocycles. The van der Waals surface area contributed by atoms with E-state index < -0.39 is 4.92 Å². The lowest BCUT2D eigenvalue weighted by Crippen LogP contribution is -2.13. The molecule has 0 bridgehead atoms. The average Bonchev–Trinajstić information content (AvgIpc) is 2.41. The van der Waals surface area contributed by atoms with E-state index in [9.17, 15) is 14.9 Å². The zero-order valence-corrected chi connectivity index (χ0v) is 12.0. The third kappa shape index (κ3) is 3.18. The van der Waals surface area contributed by atoms with Gasteiger partial charge in [-0.1, -0.05) is 0 Å². The molecule has 0 fully saturated rings. The van der Waals surface area contributed by atoms with Gasteiger partial charge in [-0.3, -0.25) is 14.9 Å². The number of nitro benzene ring substituents is 1. The van der Waals surface area contributed by atoms with E-state index in [2.05, 4.69) is 26.2 Å². The van der Waals surface area contributed by atoms with Crippen LogP contribution in [0.2, 0.25) is 0 Å². The third-order valence-corrected chi connectivity index (χ3v) is 3.12. The molecule has 1 N–H and O–H groups in total. The Labute approximate surface area is 123 Å². The van der Waals surface area contributed by atoms with Crippen molar-refractivity contribution in [3.8, 4) is 0 Å². The van der Waals surface area contributed by atoms with Crippen molar-refractivity contribution < 1.29 is 9.72 Å². The van der Waals surface area contributed by atoms with Crippen LogP contribution in [0.4, 0.5) is 11.4 Å². The molecular formula is C13H10BrN3O3. The number of benzene rings is 1. The highest BCUT2D eigenvalue weighted by molar-refractivity contribution is 9.10. The Morgan fingerprint density at radius 1 is 1.35 bits per heavy atom. The van der Waals surface area contributed by atoms with Gasteiger partial charge in [-0.15, -0.1) is 0 Å². The lowest BCUT2D eigenvalue weighted by molar-refractivity contribution is -0.384. The summed E-state index contributed by atoms with van der Waals surface area (Å²) in [7, 11) is 0. The quantitative estimate of drug-likeness (QED) is 0.529. The van der Waals surface area contributed by atoms with Crippen LogP contribution in [0.15, 0.2) is 41.1 Å². The summed E-state index contributed by atoms with van der Waals surface area (Å²) in [5.74, 6) is -0.332. The normalized spacial score (nSPS) is 10.1. The SMILES string of the molecule is Cc1cc([N+](=O)[O-])ccc1C(=O)Nc1ccc(Br)nc1. The van der Waals surface area contributed by atoms with Crippen molar-refractivity contribution >= 4 is 33.2 Å². The van der Waals surface area contributed by atoms with Gasteiger partial charge in [0.15, 0.2) is 0 Å². The first-order valence-electron chi connectivity index (χ1n) is 5.65. The number of hydrogen-bond acceptors (Lipinski definition) is 4. The molecule has 0 aliphatic rings. The molecule has 102 valence electrons. The number of amides is 1. The van der Waals surface area contributed by atoms with Crippen molar-refractivity contribution in [3.05, 3.63) is 62.4 Å². The van der Waals surface area contributed by atoms with Crippen molar-refractivity contribution in [2.24, 2.45) is 0 Å². The van der Waals surface area contributed by atoms with Gasteiger partial charge in [0.05, 0.1) is 16.8 Å². The van der Waals surface area contributed by atoms with Crippen LogP contribution in [0, 0.1) is 17.0 Å². The van der Waals surface area contributed by atoms with Gasteiger partial charge in [-0.05, 0) is 46.6 Å². The van der Waals surface area contributed by atoms with Gasteiger partial charge in [-0.2, -0.15) is 0 Å². The Morgan fingerprint density at radius 3 is 2.65 bits per heavy atom. The lowest BCUT2D eigenvalue weighted by Gasteiger charge is -2.07. The number of pyridine rings is 1. The first-order chi connectivity index (χ1) is 9.47. The predicted octanol–water partition coefficient (Wildman–Crippen LogP) is 3.31. The van der Waals surface area contributed by atoms with Gasteiger partial charge in [0.1, 0.15) is 4.60 Å². The zero-order chi connectivity index (χ0) is 14.7. The van der Waals surface area contributed by atoms with E-state index in [4.69, 9.17) is 0 Å². The molecule has 0 aliphatic heterocycles.